The number of hydrogen-bond donors (Lipinski definition) is 2. The summed E-state index contributed by atoms with van der Waals surface area (Å²) in [5, 5.41) is 3.01. The van der Waals surface area contributed by atoms with Crippen LogP contribution in [0.4, 0.5) is 0 Å². The summed E-state index contributed by atoms with van der Waals surface area (Å²) in [5.41, 5.74) is 6.79. The second-order valence-electron chi connectivity index (χ2n) is 4.22. The average Bonchev–Trinajstić information content (AvgIpc) is 2.28. The van der Waals surface area contributed by atoms with Crippen LogP contribution in [-0.2, 0) is 4.79 Å². The maximum Gasteiger partial charge on any atom is 0.220 e. The summed E-state index contributed by atoms with van der Waals surface area (Å²) in [6.45, 7) is 0.581. The zero-order chi connectivity index (χ0) is 11.5. The molecule has 2 unspecified atom stereocenters. The zero-order valence-electron chi connectivity index (χ0n) is 8.95. The third-order valence-electron chi connectivity index (χ3n) is 2.96. The van der Waals surface area contributed by atoms with Gasteiger partial charge in [0.2, 0.25) is 5.91 Å². The van der Waals surface area contributed by atoms with E-state index in [1.54, 1.807) is 0 Å². The lowest BCUT2D eigenvalue weighted by molar-refractivity contribution is -0.124. The largest absolute Gasteiger partial charge is 0.349 e. The van der Waals surface area contributed by atoms with E-state index in [1.165, 1.54) is 0 Å². The van der Waals surface area contributed by atoms with Gasteiger partial charge in [0.15, 0.2) is 0 Å². The summed E-state index contributed by atoms with van der Waals surface area (Å²) in [6, 6.07) is 8.15. The van der Waals surface area contributed by atoms with Crippen LogP contribution in [0, 0.1) is 5.92 Å². The molecule has 0 spiro atoms. The highest BCUT2D eigenvalue weighted by Gasteiger charge is 2.26. The summed E-state index contributed by atoms with van der Waals surface area (Å²) in [5.74, 6) is 0.407. The van der Waals surface area contributed by atoms with Crippen LogP contribution >= 0.6 is 15.9 Å². The van der Waals surface area contributed by atoms with E-state index in [-0.39, 0.29) is 11.9 Å². The molecule has 1 heterocycles. The highest BCUT2D eigenvalue weighted by molar-refractivity contribution is 9.10. The van der Waals surface area contributed by atoms with Crippen molar-refractivity contribution in [3.8, 4) is 0 Å². The van der Waals surface area contributed by atoms with Crippen molar-refractivity contribution in [1.82, 2.24) is 5.32 Å². The number of nitrogens with two attached hydrogens (primary N) is 1. The van der Waals surface area contributed by atoms with Crippen LogP contribution in [0.5, 0.6) is 0 Å². The van der Waals surface area contributed by atoms with Gasteiger partial charge in [-0.3, -0.25) is 4.79 Å². The van der Waals surface area contributed by atoms with Crippen molar-refractivity contribution in [2.24, 2.45) is 11.7 Å². The highest BCUT2D eigenvalue weighted by Crippen LogP contribution is 2.28. The molecule has 0 saturated carbocycles. The number of hydrogen-bond acceptors (Lipinski definition) is 2. The normalized spacial score (nSPS) is 25.2. The van der Waals surface area contributed by atoms with Gasteiger partial charge in [-0.15, -0.1) is 0 Å². The van der Waals surface area contributed by atoms with Gasteiger partial charge in [-0.1, -0.05) is 28.1 Å². The summed E-state index contributed by atoms with van der Waals surface area (Å²) in [6.07, 6.45) is 1.49. The number of carbonyl (C=O) groups is 1. The van der Waals surface area contributed by atoms with Crippen molar-refractivity contribution in [3.63, 3.8) is 0 Å². The van der Waals surface area contributed by atoms with Crippen molar-refractivity contribution in [1.29, 1.82) is 0 Å². The topological polar surface area (TPSA) is 55.1 Å². The molecule has 0 aliphatic carbocycles. The van der Waals surface area contributed by atoms with Gasteiger partial charge < -0.3 is 11.1 Å². The minimum atomic E-state index is 0.103. The zero-order valence-corrected chi connectivity index (χ0v) is 10.5. The van der Waals surface area contributed by atoms with Gasteiger partial charge in [-0.25, -0.2) is 0 Å². The number of carbonyl (C=O) groups excluding carboxylic acids is 1. The van der Waals surface area contributed by atoms with E-state index < -0.39 is 0 Å². The first-order valence-corrected chi connectivity index (χ1v) is 6.23. The first kappa shape index (κ1) is 11.6. The summed E-state index contributed by atoms with van der Waals surface area (Å²) in [4.78, 5) is 11.5. The van der Waals surface area contributed by atoms with Crippen molar-refractivity contribution < 1.29 is 4.79 Å². The summed E-state index contributed by atoms with van der Waals surface area (Å²) >= 11 is 3.44. The van der Waals surface area contributed by atoms with Gasteiger partial charge >= 0.3 is 0 Å². The van der Waals surface area contributed by atoms with Gasteiger partial charge in [0.05, 0.1) is 6.04 Å². The number of halogens is 1. The Morgan fingerprint density at radius 1 is 1.50 bits per heavy atom. The Hall–Kier alpha value is -0.870. The van der Waals surface area contributed by atoms with Crippen LogP contribution in [0.3, 0.4) is 0 Å². The molecule has 0 bridgehead atoms. The molecule has 16 heavy (non-hydrogen) atoms. The maximum absolute atomic E-state index is 11.5. The fourth-order valence-electron chi connectivity index (χ4n) is 2.11. The Kier molecular flexibility index (Phi) is 3.61. The maximum atomic E-state index is 11.5. The van der Waals surface area contributed by atoms with Crippen molar-refractivity contribution in [2.45, 2.75) is 18.9 Å². The van der Waals surface area contributed by atoms with E-state index in [0.717, 1.165) is 16.5 Å². The lowest BCUT2D eigenvalue weighted by atomic mass is 9.88. The van der Waals surface area contributed by atoms with Crippen LogP contribution in [0.1, 0.15) is 24.4 Å². The van der Waals surface area contributed by atoms with Gasteiger partial charge in [-0.2, -0.15) is 0 Å². The lowest BCUT2D eigenvalue weighted by Crippen LogP contribution is -2.39. The predicted octanol–water partition coefficient (Wildman–Crippen LogP) is 1.98. The molecule has 3 N–H and O–H groups in total. The van der Waals surface area contributed by atoms with Gasteiger partial charge in [-0.05, 0) is 36.6 Å². The molecule has 0 radical (unpaired) electrons. The molecule has 1 aliphatic rings. The number of benzene rings is 1. The summed E-state index contributed by atoms with van der Waals surface area (Å²) in [7, 11) is 0. The van der Waals surface area contributed by atoms with Crippen LogP contribution in [0.15, 0.2) is 28.7 Å². The molecule has 1 amide bonds. The Labute approximate surface area is 104 Å². The molecule has 2 rings (SSSR count). The third kappa shape index (κ3) is 2.62. The first-order valence-electron chi connectivity index (χ1n) is 5.44. The van der Waals surface area contributed by atoms with Crippen LogP contribution < -0.4 is 11.1 Å². The predicted molar refractivity (Wildman–Crippen MR) is 66.8 cm³/mol. The minimum Gasteiger partial charge on any atom is -0.349 e. The number of piperidine rings is 1. The quantitative estimate of drug-likeness (QED) is 0.872. The molecule has 1 saturated heterocycles. The van der Waals surface area contributed by atoms with Crippen molar-refractivity contribution in [2.75, 3.05) is 6.54 Å². The smallest absolute Gasteiger partial charge is 0.220 e. The molecule has 0 aromatic heterocycles. The second-order valence-corrected chi connectivity index (χ2v) is 5.13. The van der Waals surface area contributed by atoms with Crippen molar-refractivity contribution in [3.05, 3.63) is 34.3 Å². The molecule has 86 valence electrons. The van der Waals surface area contributed by atoms with E-state index in [1.807, 2.05) is 24.3 Å². The SMILES string of the molecule is NCC1CC(=O)NC(c2cccc(Br)c2)C1. The van der Waals surface area contributed by atoms with Gasteiger partial charge in [0.25, 0.3) is 0 Å². The standard InChI is InChI=1S/C12H15BrN2O/c13-10-3-1-2-9(6-10)11-4-8(7-14)5-12(16)15-11/h1-3,6,8,11H,4-5,7,14H2,(H,15,16). The molecular weight excluding hydrogens is 268 g/mol. The lowest BCUT2D eigenvalue weighted by Gasteiger charge is -2.29. The second kappa shape index (κ2) is 4.97. The number of nitrogens with one attached hydrogen (secondary N) is 1. The molecule has 1 aromatic rings. The van der Waals surface area contributed by atoms with Crippen molar-refractivity contribution >= 4 is 21.8 Å². The first-order chi connectivity index (χ1) is 7.69. The molecule has 1 fully saturated rings. The summed E-state index contributed by atoms with van der Waals surface area (Å²) < 4.78 is 1.04. The van der Waals surface area contributed by atoms with E-state index >= 15 is 0 Å². The Morgan fingerprint density at radius 3 is 3.00 bits per heavy atom. The van der Waals surface area contributed by atoms with E-state index in [0.29, 0.717) is 18.9 Å². The van der Waals surface area contributed by atoms with E-state index in [2.05, 4.69) is 21.2 Å². The molecule has 2 atom stereocenters. The molecule has 3 nitrogen and oxygen atoms in total. The third-order valence-corrected chi connectivity index (χ3v) is 3.46. The molecule has 1 aromatic carbocycles. The van der Waals surface area contributed by atoms with E-state index in [9.17, 15) is 4.79 Å². The average molecular weight is 283 g/mol. The number of rotatable bonds is 2. The van der Waals surface area contributed by atoms with Crippen LogP contribution in [0.2, 0.25) is 0 Å². The Balaban J connectivity index is 2.17. The minimum absolute atomic E-state index is 0.103. The van der Waals surface area contributed by atoms with E-state index in [4.69, 9.17) is 5.73 Å². The monoisotopic (exact) mass is 282 g/mol. The van der Waals surface area contributed by atoms with Gasteiger partial charge in [0, 0.05) is 10.9 Å². The van der Waals surface area contributed by atoms with Gasteiger partial charge in [0.1, 0.15) is 0 Å². The Morgan fingerprint density at radius 2 is 2.31 bits per heavy atom. The molecular formula is C12H15BrN2O. The number of amides is 1. The fourth-order valence-corrected chi connectivity index (χ4v) is 2.53. The fraction of sp³-hybridized carbons (Fsp3) is 0.417. The Bertz CT molecular complexity index is 394. The van der Waals surface area contributed by atoms with Crippen LogP contribution in [0.25, 0.3) is 0 Å². The molecule has 4 heteroatoms. The van der Waals surface area contributed by atoms with Crippen LogP contribution in [-0.4, -0.2) is 12.5 Å². The molecule has 1 aliphatic heterocycles. The highest BCUT2D eigenvalue weighted by atomic mass is 79.9.